The first-order valence-electron chi connectivity index (χ1n) is 10.5. The van der Waals surface area contributed by atoms with E-state index < -0.39 is 11.6 Å². The van der Waals surface area contributed by atoms with Gasteiger partial charge in [0.1, 0.15) is 0 Å². The Morgan fingerprint density at radius 2 is 2.14 bits per heavy atom. The zero-order chi connectivity index (χ0) is 20.7. The summed E-state index contributed by atoms with van der Waals surface area (Å²) in [6.45, 7) is 4.10. The SMILES string of the molecule is CCOC(=O)CC1(NC(=O)C[C@@H]2C(=O)NCCN2Cc2cccs2)CCCCC1. The molecule has 0 spiro atoms. The van der Waals surface area contributed by atoms with Crippen LogP contribution in [0.3, 0.4) is 0 Å². The fraction of sp³-hybridized carbons (Fsp3) is 0.667. The van der Waals surface area contributed by atoms with Crippen LogP contribution in [-0.2, 0) is 25.7 Å². The summed E-state index contributed by atoms with van der Waals surface area (Å²) < 4.78 is 5.13. The normalized spacial score (nSPS) is 22.0. The maximum absolute atomic E-state index is 13.0. The van der Waals surface area contributed by atoms with E-state index in [-0.39, 0.29) is 30.6 Å². The molecule has 3 rings (SSSR count). The monoisotopic (exact) mass is 421 g/mol. The van der Waals surface area contributed by atoms with Crippen LogP contribution in [0.4, 0.5) is 0 Å². The van der Waals surface area contributed by atoms with Crippen LogP contribution >= 0.6 is 11.3 Å². The Kier molecular flexibility index (Phi) is 7.66. The van der Waals surface area contributed by atoms with E-state index in [0.29, 0.717) is 19.7 Å². The average molecular weight is 422 g/mol. The Balaban J connectivity index is 1.65. The van der Waals surface area contributed by atoms with Crippen molar-refractivity contribution in [2.75, 3.05) is 19.7 Å². The molecule has 0 aromatic carbocycles. The number of nitrogens with zero attached hydrogens (tertiary/aromatic N) is 1. The van der Waals surface area contributed by atoms with Crippen molar-refractivity contribution in [3.63, 3.8) is 0 Å². The molecule has 1 saturated heterocycles. The van der Waals surface area contributed by atoms with Crippen molar-refractivity contribution in [2.24, 2.45) is 0 Å². The van der Waals surface area contributed by atoms with Crippen LogP contribution in [0.15, 0.2) is 17.5 Å². The number of carbonyl (C=O) groups is 3. The highest BCUT2D eigenvalue weighted by molar-refractivity contribution is 7.09. The van der Waals surface area contributed by atoms with Crippen molar-refractivity contribution in [3.05, 3.63) is 22.4 Å². The molecule has 0 bridgehead atoms. The van der Waals surface area contributed by atoms with E-state index in [0.717, 1.165) is 38.6 Å². The summed E-state index contributed by atoms with van der Waals surface area (Å²) in [5.41, 5.74) is -0.550. The van der Waals surface area contributed by atoms with E-state index in [2.05, 4.69) is 15.5 Å². The third kappa shape index (κ3) is 6.02. The first-order valence-corrected chi connectivity index (χ1v) is 11.4. The Hall–Kier alpha value is -1.93. The van der Waals surface area contributed by atoms with Gasteiger partial charge < -0.3 is 15.4 Å². The van der Waals surface area contributed by atoms with Crippen LogP contribution in [0, 0.1) is 0 Å². The smallest absolute Gasteiger partial charge is 0.308 e. The summed E-state index contributed by atoms with van der Waals surface area (Å²) in [4.78, 5) is 40.8. The first kappa shape index (κ1) is 21.8. The lowest BCUT2D eigenvalue weighted by atomic mass is 9.79. The molecule has 2 fully saturated rings. The van der Waals surface area contributed by atoms with Gasteiger partial charge in [0, 0.05) is 24.5 Å². The molecule has 1 aromatic rings. The van der Waals surface area contributed by atoms with Gasteiger partial charge in [0.15, 0.2) is 0 Å². The number of ether oxygens (including phenoxy) is 1. The Morgan fingerprint density at radius 1 is 1.34 bits per heavy atom. The van der Waals surface area contributed by atoms with Gasteiger partial charge in [-0.25, -0.2) is 0 Å². The van der Waals surface area contributed by atoms with Gasteiger partial charge in [0.05, 0.1) is 31.0 Å². The maximum Gasteiger partial charge on any atom is 0.308 e. The zero-order valence-corrected chi connectivity index (χ0v) is 17.9. The van der Waals surface area contributed by atoms with Gasteiger partial charge in [-0.3, -0.25) is 19.3 Å². The van der Waals surface area contributed by atoms with E-state index in [4.69, 9.17) is 4.74 Å². The van der Waals surface area contributed by atoms with Crippen molar-refractivity contribution < 1.29 is 19.1 Å². The van der Waals surface area contributed by atoms with Crippen LogP contribution in [0.25, 0.3) is 0 Å². The molecule has 7 nitrogen and oxygen atoms in total. The molecular formula is C21H31N3O4S. The lowest BCUT2D eigenvalue weighted by Gasteiger charge is -2.39. The second-order valence-electron chi connectivity index (χ2n) is 7.93. The first-order chi connectivity index (χ1) is 14.0. The topological polar surface area (TPSA) is 87.7 Å². The predicted molar refractivity (Wildman–Crippen MR) is 111 cm³/mol. The number of hydrogen-bond acceptors (Lipinski definition) is 6. The molecule has 2 amide bonds. The Labute approximate surface area is 176 Å². The van der Waals surface area contributed by atoms with Gasteiger partial charge in [-0.2, -0.15) is 0 Å². The number of nitrogens with one attached hydrogen (secondary N) is 2. The molecule has 1 aromatic heterocycles. The van der Waals surface area contributed by atoms with Gasteiger partial charge in [-0.05, 0) is 31.2 Å². The summed E-state index contributed by atoms with van der Waals surface area (Å²) >= 11 is 1.65. The number of amides is 2. The summed E-state index contributed by atoms with van der Waals surface area (Å²) in [5, 5.41) is 8.02. The molecule has 0 unspecified atom stereocenters. The summed E-state index contributed by atoms with van der Waals surface area (Å²) in [7, 11) is 0. The van der Waals surface area contributed by atoms with Gasteiger partial charge in [-0.1, -0.05) is 25.3 Å². The van der Waals surface area contributed by atoms with Crippen LogP contribution in [0.1, 0.15) is 56.7 Å². The number of carbonyl (C=O) groups excluding carboxylic acids is 3. The van der Waals surface area contributed by atoms with Gasteiger partial charge in [0.2, 0.25) is 11.8 Å². The third-order valence-corrected chi connectivity index (χ3v) is 6.62. The fourth-order valence-electron chi connectivity index (χ4n) is 4.36. The van der Waals surface area contributed by atoms with Crippen molar-refractivity contribution in [3.8, 4) is 0 Å². The molecule has 2 aliphatic rings. The molecule has 1 aliphatic heterocycles. The molecule has 160 valence electrons. The highest BCUT2D eigenvalue weighted by atomic mass is 32.1. The summed E-state index contributed by atoms with van der Waals surface area (Å²) in [6, 6.07) is 3.55. The van der Waals surface area contributed by atoms with E-state index in [9.17, 15) is 14.4 Å². The van der Waals surface area contributed by atoms with E-state index >= 15 is 0 Å². The quantitative estimate of drug-likeness (QED) is 0.629. The molecule has 2 N–H and O–H groups in total. The number of rotatable bonds is 8. The number of hydrogen-bond donors (Lipinski definition) is 2. The number of piperazine rings is 1. The Morgan fingerprint density at radius 3 is 2.83 bits per heavy atom. The van der Waals surface area contributed by atoms with E-state index in [1.165, 1.54) is 4.88 Å². The lowest BCUT2D eigenvalue weighted by Crippen LogP contribution is -2.58. The van der Waals surface area contributed by atoms with Crippen LogP contribution in [0.5, 0.6) is 0 Å². The summed E-state index contributed by atoms with van der Waals surface area (Å²) in [5.74, 6) is -0.551. The molecule has 8 heteroatoms. The van der Waals surface area contributed by atoms with E-state index in [1.54, 1.807) is 18.3 Å². The minimum atomic E-state index is -0.550. The lowest BCUT2D eigenvalue weighted by molar-refractivity contribution is -0.146. The number of thiophene rings is 1. The molecule has 1 saturated carbocycles. The van der Waals surface area contributed by atoms with Gasteiger partial charge in [0.25, 0.3) is 0 Å². The molecule has 1 aliphatic carbocycles. The third-order valence-electron chi connectivity index (χ3n) is 5.76. The molecular weight excluding hydrogens is 390 g/mol. The molecule has 2 heterocycles. The second-order valence-corrected chi connectivity index (χ2v) is 8.96. The fourth-order valence-corrected chi connectivity index (χ4v) is 5.09. The average Bonchev–Trinajstić information content (AvgIpc) is 3.18. The summed E-state index contributed by atoms with van der Waals surface area (Å²) in [6.07, 6.45) is 4.91. The van der Waals surface area contributed by atoms with Crippen LogP contribution < -0.4 is 10.6 Å². The zero-order valence-electron chi connectivity index (χ0n) is 17.1. The largest absolute Gasteiger partial charge is 0.466 e. The minimum absolute atomic E-state index is 0.0990. The standard InChI is InChI=1S/C21H31N3O4S/c1-2-28-19(26)14-21(8-4-3-5-9-21)23-18(25)13-17-20(27)22-10-11-24(17)15-16-7-6-12-29-16/h6-7,12,17H,2-5,8-11,13-15H2,1H3,(H,22,27)(H,23,25)/t17-/m1/s1. The molecule has 0 radical (unpaired) electrons. The molecule has 1 atom stereocenters. The van der Waals surface area contributed by atoms with Crippen LogP contribution in [-0.4, -0.2) is 54.0 Å². The maximum atomic E-state index is 13.0. The van der Waals surface area contributed by atoms with Gasteiger partial charge in [-0.15, -0.1) is 11.3 Å². The highest BCUT2D eigenvalue weighted by Gasteiger charge is 2.38. The molecule has 29 heavy (non-hydrogen) atoms. The van der Waals surface area contributed by atoms with E-state index in [1.807, 2.05) is 17.5 Å². The highest BCUT2D eigenvalue weighted by Crippen LogP contribution is 2.32. The van der Waals surface area contributed by atoms with Gasteiger partial charge >= 0.3 is 5.97 Å². The van der Waals surface area contributed by atoms with Crippen molar-refractivity contribution in [2.45, 2.75) is 70.0 Å². The second kappa shape index (κ2) is 10.2. The minimum Gasteiger partial charge on any atom is -0.466 e. The van der Waals surface area contributed by atoms with Crippen LogP contribution in [0.2, 0.25) is 0 Å². The predicted octanol–water partition coefficient (Wildman–Crippen LogP) is 2.21. The Bertz CT molecular complexity index is 701. The van der Waals surface area contributed by atoms with Crippen molar-refractivity contribution in [1.29, 1.82) is 0 Å². The van der Waals surface area contributed by atoms with Crippen molar-refractivity contribution >= 4 is 29.1 Å². The van der Waals surface area contributed by atoms with Crippen molar-refractivity contribution in [1.82, 2.24) is 15.5 Å². The number of esters is 1.